The molecule has 0 aliphatic carbocycles. The van der Waals surface area contributed by atoms with E-state index in [-0.39, 0.29) is 5.97 Å². The Morgan fingerprint density at radius 2 is 2.07 bits per heavy atom. The molecular weight excluding hydrogens is 386 g/mol. The van der Waals surface area contributed by atoms with Gasteiger partial charge in [-0.3, -0.25) is 4.90 Å². The monoisotopic (exact) mass is 405 g/mol. The summed E-state index contributed by atoms with van der Waals surface area (Å²) < 4.78 is 10.4. The van der Waals surface area contributed by atoms with Crippen LogP contribution in [0.1, 0.15) is 29.0 Å². The summed E-state index contributed by atoms with van der Waals surface area (Å²) in [6.45, 7) is 6.43. The molecule has 0 N–H and O–H groups in total. The average Bonchev–Trinajstić information content (AvgIpc) is 3.04. The molecule has 1 aliphatic rings. The first-order chi connectivity index (χ1) is 12.9. The third-order valence-corrected chi connectivity index (χ3v) is 5.86. The molecule has 2 heterocycles. The molecule has 0 saturated carbocycles. The normalized spacial score (nSPS) is 14.9. The van der Waals surface area contributed by atoms with Gasteiger partial charge >= 0.3 is 11.9 Å². The molecule has 142 valence electrons. The lowest BCUT2D eigenvalue weighted by Gasteiger charge is -2.33. The Bertz CT molecular complexity index is 892. The quantitative estimate of drug-likeness (QED) is 0.552. The molecule has 0 radical (unpaired) electrons. The summed E-state index contributed by atoms with van der Waals surface area (Å²) in [6, 6.07) is 8.56. The minimum absolute atomic E-state index is 0.351. The Labute approximate surface area is 167 Å². The Balaban J connectivity index is 1.85. The molecule has 1 aliphatic heterocycles. The van der Waals surface area contributed by atoms with E-state index in [0.29, 0.717) is 28.7 Å². The molecular formula is C20H20ClNO4S. The van der Waals surface area contributed by atoms with Crippen molar-refractivity contribution in [3.05, 3.63) is 63.5 Å². The summed E-state index contributed by atoms with van der Waals surface area (Å²) in [4.78, 5) is 27.4. The smallest absolute Gasteiger partial charge is 0.339 e. The van der Waals surface area contributed by atoms with Crippen molar-refractivity contribution < 1.29 is 19.1 Å². The maximum absolute atomic E-state index is 12.5. The van der Waals surface area contributed by atoms with Gasteiger partial charge in [-0.2, -0.15) is 0 Å². The number of hydrogen-bond acceptors (Lipinski definition) is 6. The highest BCUT2D eigenvalue weighted by atomic mass is 35.5. The zero-order valence-electron chi connectivity index (χ0n) is 15.2. The number of carbonyl (C=O) groups excluding carboxylic acids is 2. The highest BCUT2D eigenvalue weighted by Crippen LogP contribution is 2.37. The van der Waals surface area contributed by atoms with E-state index in [4.69, 9.17) is 21.1 Å². The van der Waals surface area contributed by atoms with Crippen molar-refractivity contribution in [3.8, 4) is 5.06 Å². The molecule has 0 bridgehead atoms. The summed E-state index contributed by atoms with van der Waals surface area (Å²) >= 11 is 7.79. The summed E-state index contributed by atoms with van der Waals surface area (Å²) in [7, 11) is 1.38. The number of esters is 2. The van der Waals surface area contributed by atoms with E-state index in [1.165, 1.54) is 18.4 Å². The van der Waals surface area contributed by atoms with Crippen LogP contribution in [0.25, 0.3) is 0 Å². The maximum Gasteiger partial charge on any atom is 0.339 e. The number of methoxy groups -OCH3 is 1. The Kier molecular flexibility index (Phi) is 5.99. The van der Waals surface area contributed by atoms with Gasteiger partial charge in [0.2, 0.25) is 0 Å². The number of carbonyl (C=O) groups is 2. The standard InChI is InChI=1S/C20H20ClNO4S/c1-12(2)19(23)26-17-10-13-11-22(9-8-16(13)27-17)18(20(24)25-3)14-6-4-5-7-15(14)21/h4-7,10,18H,1,8-9,11H2,2-3H3/t18-/m0/s1. The van der Waals surface area contributed by atoms with Crippen LogP contribution in [0.4, 0.5) is 0 Å². The van der Waals surface area contributed by atoms with Gasteiger partial charge in [0.1, 0.15) is 6.04 Å². The van der Waals surface area contributed by atoms with E-state index < -0.39 is 12.0 Å². The van der Waals surface area contributed by atoms with E-state index in [2.05, 4.69) is 6.58 Å². The first kappa shape index (κ1) is 19.6. The molecule has 3 rings (SSSR count). The summed E-state index contributed by atoms with van der Waals surface area (Å²) in [5, 5.41) is 1.07. The fourth-order valence-electron chi connectivity index (χ4n) is 3.06. The maximum atomic E-state index is 12.5. The Morgan fingerprint density at radius 3 is 2.74 bits per heavy atom. The number of nitrogens with zero attached hydrogens (tertiary/aromatic N) is 1. The molecule has 0 spiro atoms. The van der Waals surface area contributed by atoms with Crippen LogP contribution in [0.5, 0.6) is 5.06 Å². The number of benzene rings is 1. The first-order valence-corrected chi connectivity index (χ1v) is 9.65. The van der Waals surface area contributed by atoms with Crippen LogP contribution >= 0.6 is 22.9 Å². The van der Waals surface area contributed by atoms with Gasteiger partial charge in [-0.05, 0) is 36.6 Å². The Hall–Kier alpha value is -2.15. The van der Waals surface area contributed by atoms with Crippen molar-refractivity contribution >= 4 is 34.9 Å². The molecule has 0 amide bonds. The lowest BCUT2D eigenvalue weighted by Crippen LogP contribution is -2.38. The highest BCUT2D eigenvalue weighted by Gasteiger charge is 2.33. The van der Waals surface area contributed by atoms with Crippen LogP contribution in [0.3, 0.4) is 0 Å². The van der Waals surface area contributed by atoms with Gasteiger partial charge in [-0.1, -0.05) is 36.4 Å². The lowest BCUT2D eigenvalue weighted by molar-refractivity contribution is -0.147. The molecule has 0 unspecified atom stereocenters. The zero-order valence-corrected chi connectivity index (χ0v) is 16.7. The van der Waals surface area contributed by atoms with Crippen LogP contribution in [0.2, 0.25) is 5.02 Å². The van der Waals surface area contributed by atoms with Crippen LogP contribution in [-0.2, 0) is 27.3 Å². The van der Waals surface area contributed by atoms with E-state index in [0.717, 1.165) is 22.4 Å². The molecule has 1 aromatic heterocycles. The van der Waals surface area contributed by atoms with Gasteiger partial charge in [0.05, 0.1) is 7.11 Å². The zero-order chi connectivity index (χ0) is 19.6. The summed E-state index contributed by atoms with van der Waals surface area (Å²) in [5.41, 5.74) is 2.11. The van der Waals surface area contributed by atoms with Crippen molar-refractivity contribution in [2.45, 2.75) is 25.9 Å². The first-order valence-electron chi connectivity index (χ1n) is 8.46. The van der Waals surface area contributed by atoms with E-state index in [9.17, 15) is 9.59 Å². The van der Waals surface area contributed by atoms with Crippen molar-refractivity contribution in [1.29, 1.82) is 0 Å². The molecule has 0 fully saturated rings. The predicted molar refractivity (Wildman–Crippen MR) is 105 cm³/mol. The second-order valence-electron chi connectivity index (χ2n) is 6.35. The predicted octanol–water partition coefficient (Wildman–Crippen LogP) is 4.16. The van der Waals surface area contributed by atoms with E-state index in [1.807, 2.05) is 29.2 Å². The highest BCUT2D eigenvalue weighted by molar-refractivity contribution is 7.14. The van der Waals surface area contributed by atoms with Gasteiger partial charge in [-0.15, -0.1) is 11.3 Å². The third-order valence-electron chi connectivity index (χ3n) is 4.40. The molecule has 1 atom stereocenters. The second-order valence-corrected chi connectivity index (χ2v) is 7.86. The van der Waals surface area contributed by atoms with E-state index >= 15 is 0 Å². The number of rotatable bonds is 5. The van der Waals surface area contributed by atoms with Crippen LogP contribution in [0, 0.1) is 0 Å². The third kappa shape index (κ3) is 4.24. The number of thiophene rings is 1. The molecule has 5 nitrogen and oxygen atoms in total. The molecule has 2 aromatic rings. The SMILES string of the molecule is C=C(C)C(=O)Oc1cc2c(s1)CCN([C@H](C(=O)OC)c1ccccc1Cl)C2. The largest absolute Gasteiger partial charge is 0.468 e. The van der Waals surface area contributed by atoms with Crippen LogP contribution in [0.15, 0.2) is 42.5 Å². The minimum atomic E-state index is -0.585. The summed E-state index contributed by atoms with van der Waals surface area (Å²) in [6.07, 6.45) is 0.753. The van der Waals surface area contributed by atoms with Crippen molar-refractivity contribution in [3.63, 3.8) is 0 Å². The molecule has 7 heteroatoms. The van der Waals surface area contributed by atoms with Gasteiger partial charge in [0.25, 0.3) is 0 Å². The van der Waals surface area contributed by atoms with Crippen molar-refractivity contribution in [2.24, 2.45) is 0 Å². The topological polar surface area (TPSA) is 55.8 Å². The van der Waals surface area contributed by atoms with E-state index in [1.54, 1.807) is 13.0 Å². The number of fused-ring (bicyclic) bond motifs is 1. The van der Waals surface area contributed by atoms with Crippen LogP contribution in [-0.4, -0.2) is 30.5 Å². The van der Waals surface area contributed by atoms with Gasteiger partial charge in [-0.25, -0.2) is 9.59 Å². The number of halogens is 1. The second kappa shape index (κ2) is 8.25. The molecule has 27 heavy (non-hydrogen) atoms. The molecule has 0 saturated heterocycles. The molecule has 1 aromatic carbocycles. The van der Waals surface area contributed by atoms with Gasteiger partial charge in [0, 0.05) is 28.6 Å². The van der Waals surface area contributed by atoms with Gasteiger partial charge in [0.15, 0.2) is 5.06 Å². The van der Waals surface area contributed by atoms with Crippen molar-refractivity contribution in [1.82, 2.24) is 4.90 Å². The number of hydrogen-bond donors (Lipinski definition) is 0. The fourth-order valence-corrected chi connectivity index (χ4v) is 4.31. The number of ether oxygens (including phenoxy) is 2. The van der Waals surface area contributed by atoms with Crippen LogP contribution < -0.4 is 4.74 Å². The average molecular weight is 406 g/mol. The summed E-state index contributed by atoms with van der Waals surface area (Å²) in [5.74, 6) is -0.787. The van der Waals surface area contributed by atoms with Crippen molar-refractivity contribution in [2.75, 3.05) is 13.7 Å². The minimum Gasteiger partial charge on any atom is -0.468 e. The lowest BCUT2D eigenvalue weighted by atomic mass is 10.0. The fraction of sp³-hybridized carbons (Fsp3) is 0.300. The Morgan fingerprint density at radius 1 is 1.33 bits per heavy atom. The van der Waals surface area contributed by atoms with Gasteiger partial charge < -0.3 is 9.47 Å².